The molecule has 28 heavy (non-hydrogen) atoms. The number of carbonyl (C=O) groups is 1. The van der Waals surface area contributed by atoms with Crippen LogP contribution < -0.4 is 4.72 Å². The fraction of sp³-hybridized carbons (Fsp3) is 0.211. The number of phenols is 1. The molecule has 1 unspecified atom stereocenters. The summed E-state index contributed by atoms with van der Waals surface area (Å²) >= 11 is 2.72. The number of amides is 1. The lowest BCUT2D eigenvalue weighted by Crippen LogP contribution is -2.30. The summed E-state index contributed by atoms with van der Waals surface area (Å²) in [6, 6.07) is 11.4. The first-order valence-corrected chi connectivity index (χ1v) is 11.9. The molecule has 3 aromatic rings. The molecular formula is C19H18N2O4S3. The van der Waals surface area contributed by atoms with Gasteiger partial charge < -0.3 is 10.0 Å². The molecule has 1 aliphatic rings. The van der Waals surface area contributed by atoms with E-state index in [-0.39, 0.29) is 33.2 Å². The Labute approximate surface area is 171 Å². The summed E-state index contributed by atoms with van der Waals surface area (Å²) in [4.78, 5) is 15.9. The number of sulfonamides is 1. The average molecular weight is 435 g/mol. The molecule has 146 valence electrons. The zero-order chi connectivity index (χ0) is 19.7. The van der Waals surface area contributed by atoms with E-state index in [0.717, 1.165) is 29.1 Å². The van der Waals surface area contributed by atoms with Crippen molar-refractivity contribution in [2.24, 2.45) is 0 Å². The second kappa shape index (κ2) is 7.57. The molecule has 9 heteroatoms. The smallest absolute Gasteiger partial charge is 0.271 e. The third kappa shape index (κ3) is 3.65. The molecule has 1 aromatic carbocycles. The van der Waals surface area contributed by atoms with Gasteiger partial charge >= 0.3 is 0 Å². The summed E-state index contributed by atoms with van der Waals surface area (Å²) in [5.41, 5.74) is 0.376. The summed E-state index contributed by atoms with van der Waals surface area (Å²) in [5.74, 6) is -0.491. The van der Waals surface area contributed by atoms with Gasteiger partial charge in [0.05, 0.1) is 17.3 Å². The van der Waals surface area contributed by atoms with E-state index < -0.39 is 10.0 Å². The predicted molar refractivity (Wildman–Crippen MR) is 111 cm³/mol. The maximum atomic E-state index is 13.0. The number of benzene rings is 1. The number of nitrogens with one attached hydrogen (secondary N) is 1. The minimum atomic E-state index is -3.71. The Kier molecular flexibility index (Phi) is 5.13. The Bertz CT molecular complexity index is 1080. The third-order valence-electron chi connectivity index (χ3n) is 4.63. The minimum absolute atomic E-state index is 0.0175. The highest BCUT2D eigenvalue weighted by Crippen LogP contribution is 2.37. The number of hydrogen-bond acceptors (Lipinski definition) is 6. The van der Waals surface area contributed by atoms with Crippen LogP contribution in [0.15, 0.2) is 57.4 Å². The number of carbonyl (C=O) groups excluding carboxylic acids is 1. The lowest BCUT2D eigenvalue weighted by Gasteiger charge is -2.24. The number of rotatable bonds is 5. The highest BCUT2D eigenvalue weighted by molar-refractivity contribution is 7.94. The molecule has 1 amide bonds. The molecule has 0 radical (unpaired) electrons. The van der Waals surface area contributed by atoms with E-state index in [1.165, 1.54) is 24.3 Å². The first kappa shape index (κ1) is 19.0. The van der Waals surface area contributed by atoms with E-state index in [2.05, 4.69) is 4.72 Å². The van der Waals surface area contributed by atoms with Crippen LogP contribution in [0.25, 0.3) is 0 Å². The van der Waals surface area contributed by atoms with Crippen LogP contribution in [0.4, 0.5) is 5.69 Å². The molecule has 3 heterocycles. The lowest BCUT2D eigenvalue weighted by molar-refractivity contribution is 0.0735. The number of hydrogen-bond donors (Lipinski definition) is 2. The fourth-order valence-electron chi connectivity index (χ4n) is 3.34. The zero-order valence-corrected chi connectivity index (χ0v) is 17.2. The maximum absolute atomic E-state index is 13.0. The Balaban J connectivity index is 1.55. The van der Waals surface area contributed by atoms with Crippen molar-refractivity contribution in [2.75, 3.05) is 11.3 Å². The maximum Gasteiger partial charge on any atom is 0.271 e. The van der Waals surface area contributed by atoms with E-state index in [4.69, 9.17) is 0 Å². The van der Waals surface area contributed by atoms with Crippen LogP contribution in [0.1, 0.15) is 34.1 Å². The normalized spacial score (nSPS) is 17.0. The highest BCUT2D eigenvalue weighted by Gasteiger charge is 2.32. The van der Waals surface area contributed by atoms with Crippen molar-refractivity contribution in [1.82, 2.24) is 4.90 Å². The number of aromatic hydroxyl groups is 1. The largest absolute Gasteiger partial charge is 0.507 e. The zero-order valence-electron chi connectivity index (χ0n) is 14.7. The third-order valence-corrected chi connectivity index (χ3v) is 8.38. The van der Waals surface area contributed by atoms with E-state index in [0.29, 0.717) is 6.54 Å². The van der Waals surface area contributed by atoms with E-state index in [9.17, 15) is 18.3 Å². The van der Waals surface area contributed by atoms with Gasteiger partial charge in [-0.15, -0.1) is 22.7 Å². The first-order chi connectivity index (χ1) is 13.5. The van der Waals surface area contributed by atoms with Crippen molar-refractivity contribution >= 4 is 44.3 Å². The monoisotopic (exact) mass is 434 g/mol. The van der Waals surface area contributed by atoms with Crippen molar-refractivity contribution in [2.45, 2.75) is 23.1 Å². The molecule has 0 saturated carbocycles. The van der Waals surface area contributed by atoms with Crippen LogP contribution in [-0.4, -0.2) is 30.9 Å². The Hall–Kier alpha value is -2.36. The van der Waals surface area contributed by atoms with Crippen LogP contribution in [-0.2, 0) is 10.0 Å². The molecule has 2 N–H and O–H groups in total. The topological polar surface area (TPSA) is 86.7 Å². The molecule has 1 saturated heterocycles. The molecule has 1 atom stereocenters. The SMILES string of the molecule is O=C(c1ccc(NS(=O)(=O)c2cccs2)cc1O)N1CCCC1c1cccs1. The summed E-state index contributed by atoms with van der Waals surface area (Å²) in [6.07, 6.45) is 1.81. The molecule has 0 aliphatic carbocycles. The van der Waals surface area contributed by atoms with Gasteiger partial charge in [0.25, 0.3) is 15.9 Å². The number of phenolic OH excluding ortho intramolecular Hbond substituents is 1. The van der Waals surface area contributed by atoms with Gasteiger partial charge in [0, 0.05) is 17.5 Å². The second-order valence-corrected chi connectivity index (χ2v) is 10.3. The number of thiophene rings is 2. The van der Waals surface area contributed by atoms with Gasteiger partial charge in [-0.2, -0.15) is 0 Å². The molecular weight excluding hydrogens is 416 g/mol. The molecule has 0 spiro atoms. The van der Waals surface area contributed by atoms with Crippen LogP contribution in [0.5, 0.6) is 5.75 Å². The van der Waals surface area contributed by atoms with Crippen molar-refractivity contribution in [3.63, 3.8) is 0 Å². The predicted octanol–water partition coefficient (Wildman–Crippen LogP) is 4.29. The van der Waals surface area contributed by atoms with E-state index >= 15 is 0 Å². The van der Waals surface area contributed by atoms with E-state index in [1.807, 2.05) is 17.5 Å². The van der Waals surface area contributed by atoms with Gasteiger partial charge in [-0.1, -0.05) is 12.1 Å². The van der Waals surface area contributed by atoms with Gasteiger partial charge in [-0.05, 0) is 47.9 Å². The summed E-state index contributed by atoms with van der Waals surface area (Å²) in [6.45, 7) is 0.633. The molecule has 1 fully saturated rings. The summed E-state index contributed by atoms with van der Waals surface area (Å²) in [5, 5.41) is 14.1. The van der Waals surface area contributed by atoms with Crippen molar-refractivity contribution in [3.05, 3.63) is 63.7 Å². The fourth-order valence-corrected chi connectivity index (χ4v) is 6.25. The van der Waals surface area contributed by atoms with Crippen molar-refractivity contribution in [1.29, 1.82) is 0 Å². The Morgan fingerprint density at radius 1 is 1.14 bits per heavy atom. The quantitative estimate of drug-likeness (QED) is 0.627. The van der Waals surface area contributed by atoms with Crippen LogP contribution in [0.3, 0.4) is 0 Å². The van der Waals surface area contributed by atoms with Gasteiger partial charge in [-0.3, -0.25) is 9.52 Å². The molecule has 6 nitrogen and oxygen atoms in total. The second-order valence-electron chi connectivity index (χ2n) is 6.44. The van der Waals surface area contributed by atoms with Crippen molar-refractivity contribution < 1.29 is 18.3 Å². The molecule has 0 bridgehead atoms. The molecule has 1 aliphatic heterocycles. The molecule has 4 rings (SSSR count). The van der Waals surface area contributed by atoms with Crippen LogP contribution in [0, 0.1) is 0 Å². The van der Waals surface area contributed by atoms with Crippen LogP contribution in [0.2, 0.25) is 0 Å². The Morgan fingerprint density at radius 2 is 1.93 bits per heavy atom. The number of anilines is 1. The summed E-state index contributed by atoms with van der Waals surface area (Å²) in [7, 11) is -3.71. The van der Waals surface area contributed by atoms with Crippen molar-refractivity contribution in [3.8, 4) is 5.75 Å². The Morgan fingerprint density at radius 3 is 2.61 bits per heavy atom. The van der Waals surface area contributed by atoms with Gasteiger partial charge in [0.1, 0.15) is 9.96 Å². The lowest BCUT2D eigenvalue weighted by atomic mass is 10.1. The van der Waals surface area contributed by atoms with E-state index in [1.54, 1.807) is 27.7 Å². The van der Waals surface area contributed by atoms with Gasteiger partial charge in [0.2, 0.25) is 0 Å². The molecule has 2 aromatic heterocycles. The summed E-state index contributed by atoms with van der Waals surface area (Å²) < 4.78 is 27.3. The average Bonchev–Trinajstić information content (AvgIpc) is 3.42. The minimum Gasteiger partial charge on any atom is -0.507 e. The highest BCUT2D eigenvalue weighted by atomic mass is 32.2. The standard InChI is InChI=1S/C19H18N2O4S3/c22-16-12-13(20-28(24,25)18-6-3-11-27-18)7-8-14(16)19(23)21-9-1-4-15(21)17-5-2-10-26-17/h2-3,5-8,10-12,15,20,22H,1,4,9H2. The van der Waals surface area contributed by atoms with Gasteiger partial charge in [0.15, 0.2) is 0 Å². The van der Waals surface area contributed by atoms with Crippen LogP contribution >= 0.6 is 22.7 Å². The number of likely N-dealkylation sites (tertiary alicyclic amines) is 1. The number of nitrogens with zero attached hydrogens (tertiary/aromatic N) is 1. The van der Waals surface area contributed by atoms with Gasteiger partial charge in [-0.25, -0.2) is 8.42 Å². The first-order valence-electron chi connectivity index (χ1n) is 8.69.